The van der Waals surface area contributed by atoms with E-state index in [0.29, 0.717) is 0 Å². The Morgan fingerprint density at radius 3 is 2.57 bits per heavy atom. The van der Waals surface area contributed by atoms with Gasteiger partial charge in [-0.3, -0.25) is 0 Å². The van der Waals surface area contributed by atoms with E-state index in [9.17, 15) is 0 Å². The van der Waals surface area contributed by atoms with Crippen LogP contribution in [-0.4, -0.2) is 14.2 Å². The SMILES string of the molecule is CCC1=Cc2c(cccc2-c2ccc(OC)cc2OC)C1. The van der Waals surface area contributed by atoms with Gasteiger partial charge in [-0.15, -0.1) is 0 Å². The molecule has 0 amide bonds. The van der Waals surface area contributed by atoms with Gasteiger partial charge in [0.25, 0.3) is 0 Å². The molecule has 0 aliphatic heterocycles. The summed E-state index contributed by atoms with van der Waals surface area (Å²) in [5, 5.41) is 0. The molecule has 1 aliphatic carbocycles. The van der Waals surface area contributed by atoms with Crippen molar-refractivity contribution in [3.05, 3.63) is 53.1 Å². The molecule has 108 valence electrons. The first-order valence-electron chi connectivity index (χ1n) is 7.30. The second kappa shape index (κ2) is 5.65. The van der Waals surface area contributed by atoms with Gasteiger partial charge in [0.1, 0.15) is 11.5 Å². The van der Waals surface area contributed by atoms with Crippen molar-refractivity contribution in [2.45, 2.75) is 19.8 Å². The molecule has 0 aromatic heterocycles. The first kappa shape index (κ1) is 13.7. The van der Waals surface area contributed by atoms with Gasteiger partial charge in [-0.1, -0.05) is 36.8 Å². The summed E-state index contributed by atoms with van der Waals surface area (Å²) < 4.78 is 10.8. The van der Waals surface area contributed by atoms with E-state index in [1.54, 1.807) is 14.2 Å². The van der Waals surface area contributed by atoms with Gasteiger partial charge in [0.2, 0.25) is 0 Å². The molecule has 0 bridgehead atoms. The van der Waals surface area contributed by atoms with Crippen LogP contribution in [-0.2, 0) is 6.42 Å². The summed E-state index contributed by atoms with van der Waals surface area (Å²) in [6.45, 7) is 2.21. The molecule has 2 nitrogen and oxygen atoms in total. The van der Waals surface area contributed by atoms with Crippen LogP contribution in [0.4, 0.5) is 0 Å². The van der Waals surface area contributed by atoms with Crippen LogP contribution in [0.1, 0.15) is 24.5 Å². The molecule has 0 saturated heterocycles. The molecule has 0 fully saturated rings. The summed E-state index contributed by atoms with van der Waals surface area (Å²) in [5.74, 6) is 1.66. The Hall–Kier alpha value is -2.22. The van der Waals surface area contributed by atoms with Gasteiger partial charge in [0.05, 0.1) is 14.2 Å². The molecule has 3 rings (SSSR count). The molecule has 2 aromatic carbocycles. The molecule has 0 radical (unpaired) electrons. The normalized spacial score (nSPS) is 12.8. The van der Waals surface area contributed by atoms with Crippen molar-refractivity contribution in [2.24, 2.45) is 0 Å². The van der Waals surface area contributed by atoms with E-state index < -0.39 is 0 Å². The maximum absolute atomic E-state index is 5.55. The maximum atomic E-state index is 5.55. The number of ether oxygens (including phenoxy) is 2. The van der Waals surface area contributed by atoms with Gasteiger partial charge in [0, 0.05) is 11.6 Å². The van der Waals surface area contributed by atoms with Crippen LogP contribution in [0.5, 0.6) is 11.5 Å². The highest BCUT2D eigenvalue weighted by Crippen LogP contribution is 2.39. The van der Waals surface area contributed by atoms with Gasteiger partial charge < -0.3 is 9.47 Å². The molecule has 1 aliphatic rings. The van der Waals surface area contributed by atoms with Crippen LogP contribution in [0.25, 0.3) is 17.2 Å². The minimum absolute atomic E-state index is 0.813. The minimum atomic E-state index is 0.813. The Balaban J connectivity index is 2.14. The maximum Gasteiger partial charge on any atom is 0.130 e. The number of hydrogen-bond donors (Lipinski definition) is 0. The smallest absolute Gasteiger partial charge is 0.130 e. The predicted molar refractivity (Wildman–Crippen MR) is 87.0 cm³/mol. The Bertz CT molecular complexity index is 699. The fourth-order valence-corrected chi connectivity index (χ4v) is 2.92. The molecule has 0 saturated carbocycles. The number of allylic oxidation sites excluding steroid dienone is 1. The zero-order valence-electron chi connectivity index (χ0n) is 12.8. The number of fused-ring (bicyclic) bond motifs is 1. The fraction of sp³-hybridized carbons (Fsp3) is 0.263. The van der Waals surface area contributed by atoms with Crippen LogP contribution in [0.15, 0.2) is 42.0 Å². The minimum Gasteiger partial charge on any atom is -0.497 e. The van der Waals surface area contributed by atoms with Crippen LogP contribution in [0.2, 0.25) is 0 Å². The highest BCUT2D eigenvalue weighted by Gasteiger charge is 2.17. The number of benzene rings is 2. The Morgan fingerprint density at radius 2 is 1.86 bits per heavy atom. The van der Waals surface area contributed by atoms with Crippen molar-refractivity contribution < 1.29 is 9.47 Å². The average Bonchev–Trinajstić information content (AvgIpc) is 2.97. The highest BCUT2D eigenvalue weighted by atomic mass is 16.5. The monoisotopic (exact) mass is 280 g/mol. The van der Waals surface area contributed by atoms with Crippen LogP contribution in [0.3, 0.4) is 0 Å². The lowest BCUT2D eigenvalue weighted by Crippen LogP contribution is -1.93. The lowest BCUT2D eigenvalue weighted by atomic mass is 9.96. The molecule has 2 aromatic rings. The zero-order valence-corrected chi connectivity index (χ0v) is 12.8. The summed E-state index contributed by atoms with van der Waals surface area (Å²) in [7, 11) is 3.37. The lowest BCUT2D eigenvalue weighted by Gasteiger charge is -2.13. The van der Waals surface area contributed by atoms with Gasteiger partial charge in [-0.2, -0.15) is 0 Å². The van der Waals surface area contributed by atoms with Crippen molar-refractivity contribution in [3.8, 4) is 22.6 Å². The van der Waals surface area contributed by atoms with Gasteiger partial charge in [0.15, 0.2) is 0 Å². The second-order valence-corrected chi connectivity index (χ2v) is 5.28. The zero-order chi connectivity index (χ0) is 14.8. The molecular formula is C19H20O2. The van der Waals surface area contributed by atoms with Crippen molar-refractivity contribution >= 4 is 6.08 Å². The summed E-state index contributed by atoms with van der Waals surface area (Å²) >= 11 is 0. The molecule has 2 heteroatoms. The van der Waals surface area contributed by atoms with Crippen molar-refractivity contribution in [1.82, 2.24) is 0 Å². The highest BCUT2D eigenvalue weighted by molar-refractivity contribution is 5.83. The van der Waals surface area contributed by atoms with Crippen LogP contribution >= 0.6 is 0 Å². The standard InChI is InChI=1S/C19H20O2/c1-4-13-10-14-6-5-7-16(18(14)11-13)17-9-8-15(20-2)12-19(17)21-3/h5-9,11-12H,4,10H2,1-3H3. The van der Waals surface area contributed by atoms with Crippen molar-refractivity contribution in [2.75, 3.05) is 14.2 Å². The average molecular weight is 280 g/mol. The van der Waals surface area contributed by atoms with E-state index in [-0.39, 0.29) is 0 Å². The number of hydrogen-bond acceptors (Lipinski definition) is 2. The quantitative estimate of drug-likeness (QED) is 0.806. The van der Waals surface area contributed by atoms with E-state index in [1.165, 1.54) is 22.3 Å². The third-order valence-corrected chi connectivity index (χ3v) is 4.12. The predicted octanol–water partition coefficient (Wildman–Crippen LogP) is 4.72. The number of rotatable bonds is 4. The topological polar surface area (TPSA) is 18.5 Å². The molecule has 0 heterocycles. The second-order valence-electron chi connectivity index (χ2n) is 5.28. The third-order valence-electron chi connectivity index (χ3n) is 4.12. The molecule has 0 unspecified atom stereocenters. The van der Waals surface area contributed by atoms with Crippen LogP contribution < -0.4 is 9.47 Å². The molecular weight excluding hydrogens is 260 g/mol. The van der Waals surface area contributed by atoms with E-state index in [0.717, 1.165) is 29.9 Å². The fourth-order valence-electron chi connectivity index (χ4n) is 2.92. The van der Waals surface area contributed by atoms with Gasteiger partial charge >= 0.3 is 0 Å². The van der Waals surface area contributed by atoms with E-state index in [4.69, 9.17) is 9.47 Å². The van der Waals surface area contributed by atoms with E-state index >= 15 is 0 Å². The lowest BCUT2D eigenvalue weighted by molar-refractivity contribution is 0.395. The summed E-state index contributed by atoms with van der Waals surface area (Å²) in [4.78, 5) is 0. The molecule has 0 N–H and O–H groups in total. The third kappa shape index (κ3) is 2.42. The van der Waals surface area contributed by atoms with E-state index in [2.05, 4.69) is 37.3 Å². The summed E-state index contributed by atoms with van der Waals surface area (Å²) in [6, 6.07) is 12.5. The summed E-state index contributed by atoms with van der Waals surface area (Å²) in [5.41, 5.74) is 6.57. The van der Waals surface area contributed by atoms with Gasteiger partial charge in [-0.05, 0) is 41.7 Å². The molecule has 0 atom stereocenters. The Labute approximate surface area is 126 Å². The van der Waals surface area contributed by atoms with Gasteiger partial charge in [-0.25, -0.2) is 0 Å². The molecule has 21 heavy (non-hydrogen) atoms. The van der Waals surface area contributed by atoms with Crippen molar-refractivity contribution in [3.63, 3.8) is 0 Å². The summed E-state index contributed by atoms with van der Waals surface area (Å²) in [6.07, 6.45) is 4.50. The first-order chi connectivity index (χ1) is 10.3. The van der Waals surface area contributed by atoms with E-state index in [1.807, 2.05) is 12.1 Å². The number of methoxy groups -OCH3 is 2. The Kier molecular flexibility index (Phi) is 3.70. The Morgan fingerprint density at radius 1 is 1.00 bits per heavy atom. The van der Waals surface area contributed by atoms with Crippen molar-refractivity contribution in [1.29, 1.82) is 0 Å². The largest absolute Gasteiger partial charge is 0.497 e. The molecule has 0 spiro atoms. The van der Waals surface area contributed by atoms with Crippen LogP contribution in [0, 0.1) is 0 Å². The first-order valence-corrected chi connectivity index (χ1v) is 7.30.